The zero-order valence-electron chi connectivity index (χ0n) is 7.81. The highest BCUT2D eigenvalue weighted by molar-refractivity contribution is 7.09. The van der Waals surface area contributed by atoms with Gasteiger partial charge in [0.1, 0.15) is 11.8 Å². The molecule has 0 fully saturated rings. The van der Waals surface area contributed by atoms with Crippen LogP contribution in [0.25, 0.3) is 0 Å². The van der Waals surface area contributed by atoms with Crippen LogP contribution in [0.3, 0.4) is 0 Å². The number of hydrogen-bond donors (Lipinski definition) is 1. The first-order chi connectivity index (χ1) is 7.25. The van der Waals surface area contributed by atoms with Gasteiger partial charge in [0.15, 0.2) is 0 Å². The maximum Gasteiger partial charge on any atom is 0.238 e. The fraction of sp³-hybridized carbons (Fsp3) is 0.100. The minimum atomic E-state index is 0.380. The first-order valence-electron chi connectivity index (χ1n) is 4.33. The summed E-state index contributed by atoms with van der Waals surface area (Å²) < 4.78 is 5.45. The number of nitrogens with two attached hydrogens (primary N) is 1. The molecule has 0 aliphatic heterocycles. The molecule has 0 saturated heterocycles. The van der Waals surface area contributed by atoms with Crippen LogP contribution in [0.1, 0.15) is 4.88 Å². The Kier molecular flexibility index (Phi) is 3.08. The molecule has 15 heavy (non-hydrogen) atoms. The zero-order valence-corrected chi connectivity index (χ0v) is 9.39. The first kappa shape index (κ1) is 10.3. The van der Waals surface area contributed by atoms with E-state index >= 15 is 0 Å². The molecule has 2 rings (SSSR count). The average Bonchev–Trinajstić information content (AvgIpc) is 2.72. The predicted molar refractivity (Wildman–Crippen MR) is 62.3 cm³/mol. The number of ether oxygens (including phenoxy) is 1. The molecule has 0 aliphatic carbocycles. The van der Waals surface area contributed by atoms with Crippen LogP contribution in [0, 0.1) is 0 Å². The SMILES string of the molecule is Nc1ccc(Cl)nc1OCc1cccs1. The normalized spacial score (nSPS) is 10.2. The zero-order chi connectivity index (χ0) is 10.7. The fourth-order valence-electron chi connectivity index (χ4n) is 1.08. The van der Waals surface area contributed by atoms with Gasteiger partial charge in [0.25, 0.3) is 0 Å². The largest absolute Gasteiger partial charge is 0.470 e. The van der Waals surface area contributed by atoms with Gasteiger partial charge in [-0.15, -0.1) is 11.3 Å². The lowest BCUT2D eigenvalue weighted by atomic mass is 10.4. The van der Waals surface area contributed by atoms with Gasteiger partial charge in [0, 0.05) is 4.88 Å². The molecule has 2 heterocycles. The lowest BCUT2D eigenvalue weighted by Gasteiger charge is -2.06. The van der Waals surface area contributed by atoms with Gasteiger partial charge >= 0.3 is 0 Å². The summed E-state index contributed by atoms with van der Waals surface area (Å²) in [6, 6.07) is 7.28. The van der Waals surface area contributed by atoms with Gasteiger partial charge < -0.3 is 10.5 Å². The van der Waals surface area contributed by atoms with Crippen LogP contribution in [0.4, 0.5) is 5.69 Å². The number of rotatable bonds is 3. The van der Waals surface area contributed by atoms with E-state index in [0.717, 1.165) is 4.88 Å². The van der Waals surface area contributed by atoms with Crippen LogP contribution < -0.4 is 10.5 Å². The van der Waals surface area contributed by atoms with Crippen molar-refractivity contribution in [1.29, 1.82) is 0 Å². The third kappa shape index (κ3) is 2.61. The second kappa shape index (κ2) is 4.51. The predicted octanol–water partition coefficient (Wildman–Crippen LogP) is 2.96. The molecule has 2 aromatic heterocycles. The second-order valence-corrected chi connectivity index (χ2v) is 4.32. The summed E-state index contributed by atoms with van der Waals surface area (Å²) >= 11 is 7.36. The number of hydrogen-bond acceptors (Lipinski definition) is 4. The lowest BCUT2D eigenvalue weighted by molar-refractivity contribution is 0.299. The number of aromatic nitrogens is 1. The van der Waals surface area contributed by atoms with Crippen LogP contribution in [-0.2, 0) is 6.61 Å². The van der Waals surface area contributed by atoms with Gasteiger partial charge in [0.05, 0.1) is 5.69 Å². The van der Waals surface area contributed by atoms with Crippen molar-refractivity contribution in [1.82, 2.24) is 4.98 Å². The van der Waals surface area contributed by atoms with E-state index in [2.05, 4.69) is 4.98 Å². The van der Waals surface area contributed by atoms with Crippen LogP contribution in [-0.4, -0.2) is 4.98 Å². The van der Waals surface area contributed by atoms with Crippen molar-refractivity contribution >= 4 is 28.6 Å². The number of nitrogens with zero attached hydrogens (tertiary/aromatic N) is 1. The summed E-state index contributed by atoms with van der Waals surface area (Å²) in [7, 11) is 0. The number of nitrogen functional groups attached to an aromatic ring is 1. The van der Waals surface area contributed by atoms with Crippen LogP contribution >= 0.6 is 22.9 Å². The van der Waals surface area contributed by atoms with Crippen LogP contribution in [0.15, 0.2) is 29.6 Å². The number of halogens is 1. The smallest absolute Gasteiger partial charge is 0.238 e. The van der Waals surface area contributed by atoms with E-state index in [1.807, 2.05) is 17.5 Å². The Bertz CT molecular complexity index is 445. The standard InChI is InChI=1S/C10H9ClN2OS/c11-9-4-3-8(12)10(13-9)14-6-7-2-1-5-15-7/h1-5H,6,12H2. The maximum atomic E-state index is 5.73. The molecule has 78 valence electrons. The molecule has 2 aromatic rings. The number of pyridine rings is 1. The van der Waals surface area contributed by atoms with E-state index in [1.165, 1.54) is 0 Å². The molecule has 0 amide bonds. The van der Waals surface area contributed by atoms with Crippen molar-refractivity contribution < 1.29 is 4.74 Å². The van der Waals surface area contributed by atoms with E-state index in [1.54, 1.807) is 23.5 Å². The molecule has 0 aromatic carbocycles. The summed E-state index contributed by atoms with van der Waals surface area (Å²) in [6.07, 6.45) is 0. The van der Waals surface area contributed by atoms with Gasteiger partial charge in [-0.25, -0.2) is 0 Å². The quantitative estimate of drug-likeness (QED) is 0.840. The van der Waals surface area contributed by atoms with E-state index < -0.39 is 0 Å². The molecular formula is C10H9ClN2OS. The van der Waals surface area contributed by atoms with Gasteiger partial charge in [-0.1, -0.05) is 17.7 Å². The molecular weight excluding hydrogens is 232 g/mol. The van der Waals surface area contributed by atoms with Crippen molar-refractivity contribution in [2.24, 2.45) is 0 Å². The molecule has 5 heteroatoms. The summed E-state index contributed by atoms with van der Waals surface area (Å²) in [5.74, 6) is 0.385. The van der Waals surface area contributed by atoms with Gasteiger partial charge in [-0.05, 0) is 23.6 Å². The Labute approximate surface area is 96.5 Å². The maximum absolute atomic E-state index is 5.73. The molecule has 0 radical (unpaired) electrons. The Hall–Kier alpha value is -1.26. The molecule has 0 spiro atoms. The Balaban J connectivity index is 2.07. The van der Waals surface area contributed by atoms with E-state index in [0.29, 0.717) is 23.3 Å². The molecule has 0 unspecified atom stereocenters. The number of anilines is 1. The lowest BCUT2D eigenvalue weighted by Crippen LogP contribution is -1.99. The highest BCUT2D eigenvalue weighted by Gasteiger charge is 2.03. The Morgan fingerprint density at radius 3 is 3.00 bits per heavy atom. The summed E-state index contributed by atoms with van der Waals surface area (Å²) in [6.45, 7) is 0.467. The third-order valence-corrected chi connectivity index (χ3v) is 2.85. The average molecular weight is 241 g/mol. The van der Waals surface area contributed by atoms with Gasteiger partial charge in [0.2, 0.25) is 5.88 Å². The van der Waals surface area contributed by atoms with E-state index in [-0.39, 0.29) is 0 Å². The Morgan fingerprint density at radius 2 is 2.27 bits per heavy atom. The monoisotopic (exact) mass is 240 g/mol. The molecule has 0 atom stereocenters. The van der Waals surface area contributed by atoms with E-state index in [9.17, 15) is 0 Å². The van der Waals surface area contributed by atoms with Gasteiger partial charge in [-0.2, -0.15) is 4.98 Å². The number of thiophene rings is 1. The Morgan fingerprint density at radius 1 is 1.40 bits per heavy atom. The van der Waals surface area contributed by atoms with Crippen molar-refractivity contribution in [3.8, 4) is 5.88 Å². The van der Waals surface area contributed by atoms with Crippen molar-refractivity contribution in [3.63, 3.8) is 0 Å². The highest BCUT2D eigenvalue weighted by atomic mass is 35.5. The highest BCUT2D eigenvalue weighted by Crippen LogP contribution is 2.22. The fourth-order valence-corrected chi connectivity index (χ4v) is 1.83. The van der Waals surface area contributed by atoms with E-state index in [4.69, 9.17) is 22.1 Å². The van der Waals surface area contributed by atoms with Crippen molar-refractivity contribution in [2.75, 3.05) is 5.73 Å². The minimum absolute atomic E-state index is 0.380. The molecule has 2 N–H and O–H groups in total. The van der Waals surface area contributed by atoms with Crippen LogP contribution in [0.2, 0.25) is 5.15 Å². The summed E-state index contributed by atoms with van der Waals surface area (Å²) in [5, 5.41) is 2.37. The minimum Gasteiger partial charge on any atom is -0.470 e. The summed E-state index contributed by atoms with van der Waals surface area (Å²) in [4.78, 5) is 5.12. The van der Waals surface area contributed by atoms with Crippen molar-refractivity contribution in [3.05, 3.63) is 39.7 Å². The van der Waals surface area contributed by atoms with Crippen LogP contribution in [0.5, 0.6) is 5.88 Å². The van der Waals surface area contributed by atoms with Crippen molar-refractivity contribution in [2.45, 2.75) is 6.61 Å². The van der Waals surface area contributed by atoms with Gasteiger partial charge in [-0.3, -0.25) is 0 Å². The molecule has 0 bridgehead atoms. The first-order valence-corrected chi connectivity index (χ1v) is 5.58. The molecule has 0 saturated carbocycles. The second-order valence-electron chi connectivity index (χ2n) is 2.90. The molecule has 0 aliphatic rings. The third-order valence-electron chi connectivity index (χ3n) is 1.79. The summed E-state index contributed by atoms with van der Waals surface area (Å²) in [5.41, 5.74) is 6.18. The topological polar surface area (TPSA) is 48.1 Å². The molecule has 3 nitrogen and oxygen atoms in total.